The number of aromatic nitrogens is 2. The van der Waals surface area contributed by atoms with Crippen LogP contribution in [0, 0.1) is 0 Å². The first-order valence-electron chi connectivity index (χ1n) is 7.58. The largest absolute Gasteiger partial charge is 0.490 e. The number of anilines is 1. The highest BCUT2D eigenvalue weighted by atomic mass is 16.5. The van der Waals surface area contributed by atoms with E-state index in [0.29, 0.717) is 19.6 Å². The number of carbonyl (C=O) groups excluding carboxylic acids is 1. The molecule has 23 heavy (non-hydrogen) atoms. The molecule has 0 saturated heterocycles. The number of hydrogen-bond acceptors (Lipinski definition) is 5. The lowest BCUT2D eigenvalue weighted by molar-refractivity contribution is 0.150. The van der Waals surface area contributed by atoms with Crippen LogP contribution in [0.2, 0.25) is 0 Å². The fourth-order valence-corrected chi connectivity index (χ4v) is 2.55. The highest BCUT2D eigenvalue weighted by molar-refractivity contribution is 5.66. The van der Waals surface area contributed by atoms with Crippen molar-refractivity contribution >= 4 is 11.8 Å². The van der Waals surface area contributed by atoms with E-state index in [4.69, 9.17) is 9.47 Å². The summed E-state index contributed by atoms with van der Waals surface area (Å²) in [5.41, 5.74) is 3.22. The summed E-state index contributed by atoms with van der Waals surface area (Å²) >= 11 is 0. The van der Waals surface area contributed by atoms with Crippen molar-refractivity contribution in [3.8, 4) is 5.75 Å². The number of hydrogen-bond donors (Lipinski definition) is 2. The molecule has 2 N–H and O–H groups in total. The summed E-state index contributed by atoms with van der Waals surface area (Å²) in [4.78, 5) is 20.5. The zero-order chi connectivity index (χ0) is 16.1. The van der Waals surface area contributed by atoms with Gasteiger partial charge in [0.15, 0.2) is 0 Å². The van der Waals surface area contributed by atoms with E-state index in [1.165, 1.54) is 0 Å². The normalized spacial score (nSPS) is 13.2. The van der Waals surface area contributed by atoms with Crippen LogP contribution in [0.15, 0.2) is 30.7 Å². The van der Waals surface area contributed by atoms with Crippen LogP contribution in [0.25, 0.3) is 0 Å². The molecule has 0 spiro atoms. The van der Waals surface area contributed by atoms with Crippen LogP contribution < -0.4 is 15.0 Å². The minimum Gasteiger partial charge on any atom is -0.490 e. The van der Waals surface area contributed by atoms with Gasteiger partial charge >= 0.3 is 6.09 Å². The molecule has 1 aliphatic heterocycles. The third-order valence-electron chi connectivity index (χ3n) is 3.73. The molecule has 2 heterocycles. The minimum atomic E-state index is -0.410. The van der Waals surface area contributed by atoms with Gasteiger partial charge in [0.25, 0.3) is 0 Å². The van der Waals surface area contributed by atoms with Gasteiger partial charge in [0.05, 0.1) is 37.4 Å². The number of nitrogens with one attached hydrogen (secondary N) is 2. The average molecular weight is 316 g/mol. The standard InChI is InChI=1S/C16H20N4O3/c1-17-16(21)23-6-4-12-2-3-15-14(8-12)20(5-7-22-15)10-13-9-18-11-19-13/h2-3,8-9,11H,4-7,10H2,1H3,(H,17,21)(H,18,19). The Morgan fingerprint density at radius 2 is 2.43 bits per heavy atom. The molecule has 2 aromatic rings. The van der Waals surface area contributed by atoms with Crippen molar-refractivity contribution in [3.63, 3.8) is 0 Å². The number of fused-ring (bicyclic) bond motifs is 1. The van der Waals surface area contributed by atoms with Crippen molar-refractivity contribution in [2.45, 2.75) is 13.0 Å². The number of nitrogens with zero attached hydrogens (tertiary/aromatic N) is 2. The predicted octanol–water partition coefficient (Wildman–Crippen LogP) is 1.71. The van der Waals surface area contributed by atoms with Crippen LogP contribution in [0.1, 0.15) is 11.3 Å². The molecule has 7 heteroatoms. The number of imidazole rings is 1. The van der Waals surface area contributed by atoms with E-state index in [9.17, 15) is 4.79 Å². The van der Waals surface area contributed by atoms with E-state index in [0.717, 1.165) is 35.8 Å². The van der Waals surface area contributed by atoms with Crippen LogP contribution in [0.3, 0.4) is 0 Å². The second-order valence-corrected chi connectivity index (χ2v) is 5.28. The summed E-state index contributed by atoms with van der Waals surface area (Å²) < 4.78 is 10.8. The first kappa shape index (κ1) is 15.2. The summed E-state index contributed by atoms with van der Waals surface area (Å²) in [5.74, 6) is 0.881. The maximum atomic E-state index is 11.1. The van der Waals surface area contributed by atoms with E-state index in [1.54, 1.807) is 13.4 Å². The van der Waals surface area contributed by atoms with Gasteiger partial charge in [0.1, 0.15) is 12.4 Å². The Kier molecular flexibility index (Phi) is 4.65. The maximum absolute atomic E-state index is 11.1. The number of ether oxygens (including phenoxy) is 2. The summed E-state index contributed by atoms with van der Waals surface area (Å²) in [6, 6.07) is 6.08. The summed E-state index contributed by atoms with van der Waals surface area (Å²) in [5, 5.41) is 2.43. The van der Waals surface area contributed by atoms with Gasteiger partial charge in [-0.25, -0.2) is 9.78 Å². The Bertz CT molecular complexity index is 657. The topological polar surface area (TPSA) is 79.5 Å². The molecule has 1 aromatic heterocycles. The van der Waals surface area contributed by atoms with Crippen molar-refractivity contribution in [1.82, 2.24) is 15.3 Å². The van der Waals surface area contributed by atoms with Crippen molar-refractivity contribution in [1.29, 1.82) is 0 Å². The molecular formula is C16H20N4O3. The SMILES string of the molecule is CNC(=O)OCCc1ccc2c(c1)N(Cc1cnc[nH]1)CCO2. The van der Waals surface area contributed by atoms with Crippen molar-refractivity contribution in [2.75, 3.05) is 31.7 Å². The number of alkyl carbamates (subject to hydrolysis) is 1. The van der Waals surface area contributed by atoms with Gasteiger partial charge < -0.3 is 24.7 Å². The van der Waals surface area contributed by atoms with E-state index in [1.807, 2.05) is 18.3 Å². The number of H-pyrrole nitrogens is 1. The molecule has 0 radical (unpaired) electrons. The lowest BCUT2D eigenvalue weighted by atomic mass is 10.1. The van der Waals surface area contributed by atoms with Gasteiger partial charge in [0.2, 0.25) is 0 Å². The Labute approximate surface area is 134 Å². The van der Waals surface area contributed by atoms with Crippen LogP contribution in [0.4, 0.5) is 10.5 Å². The number of amides is 1. The smallest absolute Gasteiger partial charge is 0.406 e. The van der Waals surface area contributed by atoms with Gasteiger partial charge in [-0.15, -0.1) is 0 Å². The molecule has 3 rings (SSSR count). The summed E-state index contributed by atoms with van der Waals surface area (Å²) in [7, 11) is 1.55. The molecular weight excluding hydrogens is 296 g/mol. The van der Waals surface area contributed by atoms with E-state index < -0.39 is 6.09 Å². The number of rotatable bonds is 5. The lowest BCUT2D eigenvalue weighted by Gasteiger charge is -2.31. The number of benzene rings is 1. The molecule has 0 aliphatic carbocycles. The van der Waals surface area contributed by atoms with Gasteiger partial charge in [-0.3, -0.25) is 0 Å². The van der Waals surface area contributed by atoms with E-state index in [2.05, 4.69) is 26.3 Å². The fraction of sp³-hybridized carbons (Fsp3) is 0.375. The molecule has 0 unspecified atom stereocenters. The van der Waals surface area contributed by atoms with Crippen LogP contribution in [0.5, 0.6) is 5.75 Å². The molecule has 122 valence electrons. The van der Waals surface area contributed by atoms with Gasteiger partial charge in [0, 0.05) is 19.7 Å². The first-order valence-corrected chi connectivity index (χ1v) is 7.58. The molecule has 1 aromatic carbocycles. The fourth-order valence-electron chi connectivity index (χ4n) is 2.55. The maximum Gasteiger partial charge on any atom is 0.406 e. The zero-order valence-electron chi connectivity index (χ0n) is 13.0. The van der Waals surface area contributed by atoms with Gasteiger partial charge in [-0.05, 0) is 17.7 Å². The molecule has 0 saturated carbocycles. The lowest BCUT2D eigenvalue weighted by Crippen LogP contribution is -2.32. The minimum absolute atomic E-state index is 0.347. The van der Waals surface area contributed by atoms with Gasteiger partial charge in [-0.2, -0.15) is 0 Å². The quantitative estimate of drug-likeness (QED) is 0.878. The van der Waals surface area contributed by atoms with Gasteiger partial charge in [-0.1, -0.05) is 6.07 Å². The molecule has 0 bridgehead atoms. The average Bonchev–Trinajstić information content (AvgIpc) is 3.08. The van der Waals surface area contributed by atoms with E-state index >= 15 is 0 Å². The van der Waals surface area contributed by atoms with Crippen molar-refractivity contribution < 1.29 is 14.3 Å². The third kappa shape index (κ3) is 3.74. The monoisotopic (exact) mass is 316 g/mol. The molecule has 1 aliphatic rings. The molecule has 0 atom stereocenters. The highest BCUT2D eigenvalue weighted by Gasteiger charge is 2.19. The zero-order valence-corrected chi connectivity index (χ0v) is 13.0. The van der Waals surface area contributed by atoms with Crippen LogP contribution in [-0.4, -0.2) is 42.9 Å². The number of aromatic amines is 1. The predicted molar refractivity (Wildman–Crippen MR) is 85.7 cm³/mol. The van der Waals surface area contributed by atoms with Crippen molar-refractivity contribution in [2.24, 2.45) is 0 Å². The highest BCUT2D eigenvalue weighted by Crippen LogP contribution is 2.33. The third-order valence-corrected chi connectivity index (χ3v) is 3.73. The Morgan fingerprint density at radius 1 is 1.52 bits per heavy atom. The van der Waals surface area contributed by atoms with Crippen LogP contribution in [-0.2, 0) is 17.7 Å². The Balaban J connectivity index is 1.69. The molecule has 1 amide bonds. The molecule has 7 nitrogen and oxygen atoms in total. The summed E-state index contributed by atoms with van der Waals surface area (Å²) in [6.07, 6.45) is 3.77. The van der Waals surface area contributed by atoms with E-state index in [-0.39, 0.29) is 0 Å². The Hall–Kier alpha value is -2.70. The second kappa shape index (κ2) is 7.04. The van der Waals surface area contributed by atoms with Crippen LogP contribution >= 0.6 is 0 Å². The first-order chi connectivity index (χ1) is 11.3. The van der Waals surface area contributed by atoms with Crippen molar-refractivity contribution in [3.05, 3.63) is 42.0 Å². The Morgan fingerprint density at radius 3 is 3.22 bits per heavy atom. The number of carbonyl (C=O) groups is 1. The molecule has 0 fully saturated rings. The summed E-state index contributed by atoms with van der Waals surface area (Å²) in [6.45, 7) is 2.60. The second-order valence-electron chi connectivity index (χ2n) is 5.28.